The van der Waals surface area contributed by atoms with E-state index < -0.39 is 29.9 Å². The van der Waals surface area contributed by atoms with E-state index in [1.807, 2.05) is 42.5 Å². The number of methoxy groups -OCH3 is 1. The number of nitrogens with zero attached hydrogens (tertiary/aromatic N) is 1. The Bertz CT molecular complexity index is 1380. The summed E-state index contributed by atoms with van der Waals surface area (Å²) in [5.41, 5.74) is 2.14. The monoisotopic (exact) mass is 591 g/mol. The Morgan fingerprint density at radius 3 is 2.60 bits per heavy atom. The maximum absolute atomic E-state index is 13.4. The minimum absolute atomic E-state index is 0.199. The summed E-state index contributed by atoms with van der Waals surface area (Å²) >= 11 is 0. The van der Waals surface area contributed by atoms with E-state index in [1.54, 1.807) is 27.9 Å². The number of carbonyl (C=O) groups is 3. The molecule has 0 fully saturated rings. The lowest BCUT2D eigenvalue weighted by Crippen LogP contribution is -2.44. The Hall–Kier alpha value is -3.85. The Balaban J connectivity index is 1.31. The molecule has 0 saturated carbocycles. The number of ether oxygens (including phenoxy) is 5. The lowest BCUT2D eigenvalue weighted by atomic mass is 9.69. The molecule has 43 heavy (non-hydrogen) atoms. The van der Waals surface area contributed by atoms with Gasteiger partial charge in [-0.25, -0.2) is 9.59 Å². The van der Waals surface area contributed by atoms with E-state index in [1.165, 1.54) is 5.56 Å². The second-order valence-electron chi connectivity index (χ2n) is 12.6. The number of aryl methyl sites for hydroxylation is 1. The summed E-state index contributed by atoms with van der Waals surface area (Å²) in [5, 5.41) is 0. The molecular weight excluding hydrogens is 550 g/mol. The van der Waals surface area contributed by atoms with Crippen molar-refractivity contribution >= 4 is 17.9 Å². The van der Waals surface area contributed by atoms with Crippen LogP contribution in [0.4, 0.5) is 4.79 Å². The van der Waals surface area contributed by atoms with Crippen LogP contribution in [-0.2, 0) is 42.2 Å². The van der Waals surface area contributed by atoms with Gasteiger partial charge in [0.2, 0.25) is 6.10 Å². The fourth-order valence-electron chi connectivity index (χ4n) is 6.18. The first-order chi connectivity index (χ1) is 20.5. The number of hydrogen-bond donors (Lipinski definition) is 0. The fourth-order valence-corrected chi connectivity index (χ4v) is 6.18. The van der Waals surface area contributed by atoms with E-state index in [-0.39, 0.29) is 30.1 Å². The molecular formula is C34H41NO8. The molecule has 1 aliphatic carbocycles. The molecule has 2 aromatic carbocycles. The molecule has 0 N–H and O–H groups in total. The van der Waals surface area contributed by atoms with Gasteiger partial charge in [-0.05, 0) is 70.5 Å². The van der Waals surface area contributed by atoms with Crippen LogP contribution in [0.15, 0.2) is 54.6 Å². The van der Waals surface area contributed by atoms with E-state index in [4.69, 9.17) is 23.7 Å². The van der Waals surface area contributed by atoms with Gasteiger partial charge in [-0.15, -0.1) is 0 Å². The molecule has 0 radical (unpaired) electrons. The summed E-state index contributed by atoms with van der Waals surface area (Å²) in [4.78, 5) is 41.2. The van der Waals surface area contributed by atoms with Crippen LogP contribution in [0.5, 0.6) is 11.5 Å². The maximum atomic E-state index is 13.4. The zero-order valence-electron chi connectivity index (χ0n) is 25.6. The Morgan fingerprint density at radius 1 is 1.12 bits per heavy atom. The standard InChI is InChI=1S/C34H41NO8/c1-33(2,3)43-32(38)41-27(19-24(36)13-11-22-9-7-6-8-10-22)31(37)40-25-15-16-34-17-18-35(4)21-23-12-14-26(39-5)30(29(23)34)42-28(34)20-25/h6-10,12,14-16,25,27-28H,11,13,17-21H2,1-5H3/t25-,27+,28+,34+/m1/s1. The highest BCUT2D eigenvalue weighted by molar-refractivity contribution is 5.87. The first-order valence-corrected chi connectivity index (χ1v) is 14.9. The van der Waals surface area contributed by atoms with Crippen molar-refractivity contribution in [2.45, 2.75) is 88.7 Å². The van der Waals surface area contributed by atoms with E-state index >= 15 is 0 Å². The molecule has 4 atom stereocenters. The van der Waals surface area contributed by atoms with Crippen molar-refractivity contribution in [2.75, 3.05) is 20.7 Å². The molecule has 3 aliphatic rings. The maximum Gasteiger partial charge on any atom is 0.509 e. The molecule has 0 unspecified atom stereocenters. The van der Waals surface area contributed by atoms with E-state index in [9.17, 15) is 14.4 Å². The summed E-state index contributed by atoms with van der Waals surface area (Å²) in [6.45, 7) is 6.77. The van der Waals surface area contributed by atoms with Gasteiger partial charge in [0.15, 0.2) is 11.5 Å². The average molecular weight is 592 g/mol. The number of carbonyl (C=O) groups excluding carboxylic acids is 3. The second kappa shape index (κ2) is 12.4. The Labute approximate surface area is 253 Å². The highest BCUT2D eigenvalue weighted by atomic mass is 16.7. The molecule has 0 saturated heterocycles. The minimum atomic E-state index is -1.43. The minimum Gasteiger partial charge on any atom is -0.493 e. The van der Waals surface area contributed by atoms with Gasteiger partial charge in [0.1, 0.15) is 23.6 Å². The smallest absolute Gasteiger partial charge is 0.493 e. The van der Waals surface area contributed by atoms with Gasteiger partial charge in [-0.1, -0.05) is 42.5 Å². The highest BCUT2D eigenvalue weighted by Crippen LogP contribution is 2.55. The van der Waals surface area contributed by atoms with Crippen molar-refractivity contribution < 1.29 is 38.1 Å². The third-order valence-electron chi connectivity index (χ3n) is 8.24. The predicted octanol–water partition coefficient (Wildman–Crippen LogP) is 5.31. The molecule has 2 aliphatic heterocycles. The van der Waals surface area contributed by atoms with E-state index in [0.29, 0.717) is 18.6 Å². The van der Waals surface area contributed by atoms with Crippen molar-refractivity contribution in [1.29, 1.82) is 0 Å². The van der Waals surface area contributed by atoms with E-state index in [2.05, 4.69) is 24.1 Å². The molecule has 230 valence electrons. The van der Waals surface area contributed by atoms with Crippen LogP contribution in [0.1, 0.15) is 63.1 Å². The van der Waals surface area contributed by atoms with E-state index in [0.717, 1.165) is 36.4 Å². The first-order valence-electron chi connectivity index (χ1n) is 14.9. The predicted molar refractivity (Wildman–Crippen MR) is 159 cm³/mol. The second-order valence-corrected chi connectivity index (χ2v) is 12.6. The lowest BCUT2D eigenvalue weighted by Gasteiger charge is -2.37. The summed E-state index contributed by atoms with van der Waals surface area (Å²) in [5.74, 6) is 0.411. The summed E-state index contributed by atoms with van der Waals surface area (Å²) < 4.78 is 28.7. The van der Waals surface area contributed by atoms with Crippen LogP contribution in [0.3, 0.4) is 0 Å². The van der Waals surface area contributed by atoms with Gasteiger partial charge in [0.25, 0.3) is 0 Å². The van der Waals surface area contributed by atoms with Crippen LogP contribution in [-0.4, -0.2) is 67.4 Å². The van der Waals surface area contributed by atoms with Crippen LogP contribution in [0.2, 0.25) is 0 Å². The van der Waals surface area contributed by atoms with Crippen molar-refractivity contribution in [3.63, 3.8) is 0 Å². The topological polar surface area (TPSA) is 101 Å². The number of Topliss-reactive ketones (excluding diaryl/α,β-unsaturated/α-hetero) is 1. The Morgan fingerprint density at radius 2 is 1.88 bits per heavy atom. The SMILES string of the molecule is COc1ccc2c3c1O[C@H]1C[C@H](OC(=O)[C@H](CC(=O)CCc4ccccc4)OC(=O)OC(C)(C)C)C=C[C@@]31CCN(C)C2. The van der Waals surface area contributed by atoms with Crippen molar-refractivity contribution in [2.24, 2.45) is 0 Å². The highest BCUT2D eigenvalue weighted by Gasteiger charge is 2.53. The zero-order valence-corrected chi connectivity index (χ0v) is 25.6. The summed E-state index contributed by atoms with van der Waals surface area (Å²) in [6.07, 6.45) is 2.30. The van der Waals surface area contributed by atoms with Crippen molar-refractivity contribution in [1.82, 2.24) is 4.90 Å². The molecule has 0 aromatic heterocycles. The first kappa shape index (κ1) is 30.6. The Kier molecular flexibility index (Phi) is 8.83. The third kappa shape index (κ3) is 6.88. The number of esters is 1. The number of hydrogen-bond acceptors (Lipinski definition) is 9. The van der Waals surface area contributed by atoms with Gasteiger partial charge < -0.3 is 28.6 Å². The molecule has 2 aromatic rings. The van der Waals surface area contributed by atoms with Gasteiger partial charge in [0.05, 0.1) is 18.9 Å². The van der Waals surface area contributed by atoms with Gasteiger partial charge in [-0.2, -0.15) is 0 Å². The van der Waals surface area contributed by atoms with Crippen LogP contribution in [0.25, 0.3) is 0 Å². The van der Waals surface area contributed by atoms with Crippen LogP contribution >= 0.6 is 0 Å². The quantitative estimate of drug-likeness (QED) is 0.284. The zero-order chi connectivity index (χ0) is 30.8. The van der Waals surface area contributed by atoms with Crippen LogP contribution < -0.4 is 9.47 Å². The van der Waals surface area contributed by atoms with Crippen LogP contribution in [0, 0.1) is 0 Å². The molecule has 2 heterocycles. The lowest BCUT2D eigenvalue weighted by molar-refractivity contribution is -0.162. The molecule has 9 heteroatoms. The molecule has 9 nitrogen and oxygen atoms in total. The van der Waals surface area contributed by atoms with Gasteiger partial charge in [0, 0.05) is 24.9 Å². The molecule has 0 amide bonds. The normalized spacial score (nSPS) is 23.2. The molecule has 5 rings (SSSR count). The number of ketones is 1. The van der Waals surface area contributed by atoms with Crippen molar-refractivity contribution in [3.8, 4) is 11.5 Å². The van der Waals surface area contributed by atoms with Gasteiger partial charge >= 0.3 is 12.1 Å². The average Bonchev–Trinajstić information content (AvgIpc) is 3.21. The van der Waals surface area contributed by atoms with Crippen molar-refractivity contribution in [3.05, 3.63) is 71.3 Å². The summed E-state index contributed by atoms with van der Waals surface area (Å²) in [6, 6.07) is 13.6. The largest absolute Gasteiger partial charge is 0.509 e. The van der Waals surface area contributed by atoms with Gasteiger partial charge in [-0.3, -0.25) is 4.79 Å². The molecule has 1 spiro atoms. The number of rotatable bonds is 9. The third-order valence-corrected chi connectivity index (χ3v) is 8.24. The molecule has 0 bridgehead atoms. The number of benzene rings is 2. The summed E-state index contributed by atoms with van der Waals surface area (Å²) in [7, 11) is 3.73. The fraction of sp³-hybridized carbons (Fsp3) is 0.500.